The molecule has 0 radical (unpaired) electrons. The monoisotopic (exact) mass is 220 g/mol. The van der Waals surface area contributed by atoms with Crippen molar-refractivity contribution in [3.63, 3.8) is 0 Å². The highest BCUT2D eigenvalue weighted by Gasteiger charge is 2.12. The lowest BCUT2D eigenvalue weighted by atomic mass is 9.93. The van der Waals surface area contributed by atoms with Crippen LogP contribution in [0.15, 0.2) is 12.1 Å². The molecule has 1 aromatic rings. The van der Waals surface area contributed by atoms with Gasteiger partial charge in [0, 0.05) is 0 Å². The summed E-state index contributed by atoms with van der Waals surface area (Å²) in [5.74, 6) is -0.811. The zero-order valence-electron chi connectivity index (χ0n) is 10.3. The Morgan fingerprint density at radius 3 is 2.50 bits per heavy atom. The normalized spacial score (nSPS) is 10.4. The quantitative estimate of drug-likeness (QED) is 0.767. The SMILES string of the molecule is CCCCCc1c(C(=O)O)ccc(C)c1C. The molecule has 2 nitrogen and oxygen atoms in total. The molecule has 0 fully saturated rings. The van der Waals surface area contributed by atoms with E-state index in [0.717, 1.165) is 36.8 Å². The molecule has 0 spiro atoms. The minimum Gasteiger partial charge on any atom is -0.478 e. The van der Waals surface area contributed by atoms with Gasteiger partial charge in [-0.3, -0.25) is 0 Å². The van der Waals surface area contributed by atoms with Crippen molar-refractivity contribution in [1.82, 2.24) is 0 Å². The standard InChI is InChI=1S/C14H20O2/c1-4-5-6-7-12-11(3)10(2)8-9-13(12)14(15)16/h8-9H,4-7H2,1-3H3,(H,15,16). The summed E-state index contributed by atoms with van der Waals surface area (Å²) in [5, 5.41) is 9.14. The van der Waals surface area contributed by atoms with Gasteiger partial charge in [0.2, 0.25) is 0 Å². The molecule has 0 saturated heterocycles. The maximum atomic E-state index is 11.1. The first-order valence-electron chi connectivity index (χ1n) is 5.90. The molecule has 0 aliphatic heterocycles. The topological polar surface area (TPSA) is 37.3 Å². The van der Waals surface area contributed by atoms with Crippen LogP contribution in [0.2, 0.25) is 0 Å². The molecule has 2 heteroatoms. The third-order valence-corrected chi connectivity index (χ3v) is 3.13. The van der Waals surface area contributed by atoms with Gasteiger partial charge in [0.25, 0.3) is 0 Å². The highest BCUT2D eigenvalue weighted by atomic mass is 16.4. The van der Waals surface area contributed by atoms with Crippen LogP contribution in [-0.4, -0.2) is 11.1 Å². The average Bonchev–Trinajstić information content (AvgIpc) is 2.24. The second kappa shape index (κ2) is 5.69. The minimum absolute atomic E-state index is 0.471. The van der Waals surface area contributed by atoms with E-state index in [2.05, 4.69) is 6.92 Å². The van der Waals surface area contributed by atoms with Gasteiger partial charge < -0.3 is 5.11 Å². The number of aryl methyl sites for hydroxylation is 1. The van der Waals surface area contributed by atoms with E-state index in [0.29, 0.717) is 5.56 Å². The lowest BCUT2D eigenvalue weighted by molar-refractivity contribution is 0.0695. The molecule has 0 aliphatic carbocycles. The zero-order chi connectivity index (χ0) is 12.1. The average molecular weight is 220 g/mol. The summed E-state index contributed by atoms with van der Waals surface area (Å²) < 4.78 is 0. The molecule has 0 aromatic heterocycles. The van der Waals surface area contributed by atoms with Crippen LogP contribution in [0.1, 0.15) is 53.2 Å². The van der Waals surface area contributed by atoms with Crippen molar-refractivity contribution in [2.45, 2.75) is 46.5 Å². The van der Waals surface area contributed by atoms with Gasteiger partial charge in [-0.25, -0.2) is 4.79 Å². The van der Waals surface area contributed by atoms with Crippen molar-refractivity contribution in [2.24, 2.45) is 0 Å². The number of benzene rings is 1. The van der Waals surface area contributed by atoms with Crippen LogP contribution in [0, 0.1) is 13.8 Å². The Labute approximate surface area is 97.3 Å². The van der Waals surface area contributed by atoms with E-state index < -0.39 is 5.97 Å². The summed E-state index contributed by atoms with van der Waals surface area (Å²) in [5.41, 5.74) is 3.80. The number of aromatic carboxylic acids is 1. The molecule has 0 amide bonds. The van der Waals surface area contributed by atoms with Crippen molar-refractivity contribution in [3.8, 4) is 0 Å². The first-order valence-corrected chi connectivity index (χ1v) is 5.90. The fraction of sp³-hybridized carbons (Fsp3) is 0.500. The highest BCUT2D eigenvalue weighted by molar-refractivity contribution is 5.90. The Kier molecular flexibility index (Phi) is 4.53. The fourth-order valence-corrected chi connectivity index (χ4v) is 1.95. The van der Waals surface area contributed by atoms with E-state index in [1.165, 1.54) is 5.56 Å². The molecule has 0 atom stereocenters. The molecule has 0 bridgehead atoms. The molecule has 16 heavy (non-hydrogen) atoms. The van der Waals surface area contributed by atoms with E-state index in [9.17, 15) is 4.79 Å². The zero-order valence-corrected chi connectivity index (χ0v) is 10.3. The Hall–Kier alpha value is -1.31. The largest absolute Gasteiger partial charge is 0.478 e. The van der Waals surface area contributed by atoms with Gasteiger partial charge >= 0.3 is 5.97 Å². The molecular weight excluding hydrogens is 200 g/mol. The van der Waals surface area contributed by atoms with Gasteiger partial charge in [-0.15, -0.1) is 0 Å². The van der Waals surface area contributed by atoms with Crippen molar-refractivity contribution in [1.29, 1.82) is 0 Å². The summed E-state index contributed by atoms with van der Waals surface area (Å²) in [6.45, 7) is 6.20. The number of carbonyl (C=O) groups is 1. The van der Waals surface area contributed by atoms with Gasteiger partial charge in [-0.2, -0.15) is 0 Å². The van der Waals surface area contributed by atoms with Crippen LogP contribution in [0.4, 0.5) is 0 Å². The van der Waals surface area contributed by atoms with E-state index in [4.69, 9.17) is 5.11 Å². The van der Waals surface area contributed by atoms with Crippen molar-refractivity contribution < 1.29 is 9.90 Å². The predicted molar refractivity (Wildman–Crippen MR) is 66.1 cm³/mol. The molecule has 1 N–H and O–H groups in total. The van der Waals surface area contributed by atoms with Crippen LogP contribution in [0.5, 0.6) is 0 Å². The summed E-state index contributed by atoms with van der Waals surface area (Å²) in [6, 6.07) is 3.62. The van der Waals surface area contributed by atoms with Gasteiger partial charge in [0.15, 0.2) is 0 Å². The van der Waals surface area contributed by atoms with Crippen molar-refractivity contribution >= 4 is 5.97 Å². The third kappa shape index (κ3) is 2.84. The van der Waals surface area contributed by atoms with Crippen LogP contribution < -0.4 is 0 Å². The number of carboxylic acid groups (broad SMARTS) is 1. The lowest BCUT2D eigenvalue weighted by Crippen LogP contribution is -2.06. The van der Waals surface area contributed by atoms with E-state index >= 15 is 0 Å². The minimum atomic E-state index is -0.811. The van der Waals surface area contributed by atoms with Crippen molar-refractivity contribution in [3.05, 3.63) is 34.4 Å². The van der Waals surface area contributed by atoms with Crippen LogP contribution in [-0.2, 0) is 6.42 Å². The fourth-order valence-electron chi connectivity index (χ4n) is 1.95. The molecular formula is C14H20O2. The maximum Gasteiger partial charge on any atom is 0.335 e. The second-order valence-electron chi connectivity index (χ2n) is 4.30. The predicted octanol–water partition coefficient (Wildman–Crippen LogP) is 3.73. The molecule has 0 saturated carbocycles. The molecule has 88 valence electrons. The molecule has 0 aliphatic rings. The second-order valence-corrected chi connectivity index (χ2v) is 4.30. The van der Waals surface area contributed by atoms with Crippen molar-refractivity contribution in [2.75, 3.05) is 0 Å². The van der Waals surface area contributed by atoms with Gasteiger partial charge in [-0.05, 0) is 49.4 Å². The van der Waals surface area contributed by atoms with Crippen LogP contribution in [0.3, 0.4) is 0 Å². The lowest BCUT2D eigenvalue weighted by Gasteiger charge is -2.12. The molecule has 1 aromatic carbocycles. The Morgan fingerprint density at radius 2 is 1.94 bits per heavy atom. The molecule has 0 unspecified atom stereocenters. The number of carboxylic acids is 1. The Morgan fingerprint density at radius 1 is 1.25 bits per heavy atom. The summed E-state index contributed by atoms with van der Waals surface area (Å²) in [6.07, 6.45) is 4.27. The summed E-state index contributed by atoms with van der Waals surface area (Å²) in [7, 11) is 0. The number of unbranched alkanes of at least 4 members (excludes halogenated alkanes) is 2. The summed E-state index contributed by atoms with van der Waals surface area (Å²) in [4.78, 5) is 11.1. The van der Waals surface area contributed by atoms with E-state index in [1.54, 1.807) is 6.07 Å². The van der Waals surface area contributed by atoms with Gasteiger partial charge in [0.1, 0.15) is 0 Å². The first kappa shape index (κ1) is 12.8. The third-order valence-electron chi connectivity index (χ3n) is 3.13. The summed E-state index contributed by atoms with van der Waals surface area (Å²) >= 11 is 0. The van der Waals surface area contributed by atoms with Gasteiger partial charge in [-0.1, -0.05) is 25.8 Å². The van der Waals surface area contributed by atoms with E-state index in [1.807, 2.05) is 19.9 Å². The van der Waals surface area contributed by atoms with Crippen LogP contribution >= 0.6 is 0 Å². The maximum absolute atomic E-state index is 11.1. The molecule has 0 heterocycles. The first-order chi connectivity index (χ1) is 7.57. The Bertz CT molecular complexity index is 381. The van der Waals surface area contributed by atoms with Crippen LogP contribution in [0.25, 0.3) is 0 Å². The van der Waals surface area contributed by atoms with E-state index in [-0.39, 0.29) is 0 Å². The number of rotatable bonds is 5. The molecule has 1 rings (SSSR count). The highest BCUT2D eigenvalue weighted by Crippen LogP contribution is 2.20. The van der Waals surface area contributed by atoms with Gasteiger partial charge in [0.05, 0.1) is 5.56 Å². The Balaban J connectivity index is 3.01. The smallest absolute Gasteiger partial charge is 0.335 e. The number of hydrogen-bond acceptors (Lipinski definition) is 1. The number of hydrogen-bond donors (Lipinski definition) is 1.